The highest BCUT2D eigenvalue weighted by Crippen LogP contribution is 2.24. The Kier molecular flexibility index (Phi) is 7.42. The van der Waals surface area contributed by atoms with E-state index in [4.69, 9.17) is 0 Å². The number of hydrogen-bond donors (Lipinski definition) is 1. The minimum absolute atomic E-state index is 0.928. The lowest BCUT2D eigenvalue weighted by atomic mass is 10.1. The lowest BCUT2D eigenvalue weighted by molar-refractivity contribution is 0.401. The van der Waals surface area contributed by atoms with Crippen molar-refractivity contribution in [2.45, 2.75) is 19.9 Å². The molecule has 1 aromatic carbocycles. The van der Waals surface area contributed by atoms with Gasteiger partial charge in [-0.15, -0.1) is 0 Å². The molecule has 1 rings (SSSR count). The van der Waals surface area contributed by atoms with Gasteiger partial charge in [0.2, 0.25) is 0 Å². The van der Waals surface area contributed by atoms with Crippen LogP contribution in [0.4, 0.5) is 5.69 Å². The summed E-state index contributed by atoms with van der Waals surface area (Å²) >= 11 is 3.57. The van der Waals surface area contributed by atoms with Gasteiger partial charge in [0.05, 0.1) is 0 Å². The lowest BCUT2D eigenvalue weighted by Crippen LogP contribution is -2.25. The van der Waals surface area contributed by atoms with Crippen molar-refractivity contribution in [3.8, 4) is 0 Å². The maximum Gasteiger partial charge on any atom is 0.0420 e. The van der Waals surface area contributed by atoms with E-state index >= 15 is 0 Å². The smallest absolute Gasteiger partial charge is 0.0420 e. The first-order valence-electron chi connectivity index (χ1n) is 6.89. The number of rotatable bonds is 8. The van der Waals surface area contributed by atoms with Crippen LogP contribution >= 0.6 is 15.9 Å². The minimum atomic E-state index is 0.928. The number of nitrogens with one attached hydrogen (secondary N) is 1. The predicted molar refractivity (Wildman–Crippen MR) is 88.0 cm³/mol. The predicted octanol–water partition coefficient (Wildman–Crippen LogP) is 2.95. The molecule has 3 nitrogen and oxygen atoms in total. The van der Waals surface area contributed by atoms with Crippen molar-refractivity contribution in [3.05, 3.63) is 28.2 Å². The Labute approximate surface area is 126 Å². The second kappa shape index (κ2) is 8.56. The molecular formula is C15H26BrN3. The van der Waals surface area contributed by atoms with Gasteiger partial charge >= 0.3 is 0 Å². The van der Waals surface area contributed by atoms with Crippen LogP contribution in [-0.4, -0.2) is 45.7 Å². The Balaban J connectivity index is 2.69. The van der Waals surface area contributed by atoms with Crippen LogP contribution < -0.4 is 10.2 Å². The largest absolute Gasteiger partial charge is 0.374 e. The highest BCUT2D eigenvalue weighted by atomic mass is 79.9. The molecule has 0 fully saturated rings. The van der Waals surface area contributed by atoms with Crippen LogP contribution in [0.2, 0.25) is 0 Å². The molecule has 1 aromatic rings. The van der Waals surface area contributed by atoms with Crippen molar-refractivity contribution in [2.75, 3.05) is 45.7 Å². The fourth-order valence-electron chi connectivity index (χ4n) is 2.05. The summed E-state index contributed by atoms with van der Waals surface area (Å²) in [5, 5.41) is 3.40. The van der Waals surface area contributed by atoms with Crippen molar-refractivity contribution >= 4 is 21.6 Å². The standard InChI is InChI=1S/C15H26BrN3/c1-5-17-12-13-7-8-14(16)11-15(13)19(4)10-6-9-18(2)3/h7-8,11,17H,5-6,9-10,12H2,1-4H3. The Morgan fingerprint density at radius 3 is 2.53 bits per heavy atom. The van der Waals surface area contributed by atoms with Gasteiger partial charge in [-0.25, -0.2) is 0 Å². The number of halogens is 1. The molecule has 0 aromatic heterocycles. The summed E-state index contributed by atoms with van der Waals surface area (Å²) in [7, 11) is 6.41. The average molecular weight is 328 g/mol. The molecule has 0 aliphatic heterocycles. The Morgan fingerprint density at radius 1 is 1.16 bits per heavy atom. The summed E-state index contributed by atoms with van der Waals surface area (Å²) < 4.78 is 1.14. The van der Waals surface area contributed by atoms with Crippen molar-refractivity contribution < 1.29 is 0 Å². The Bertz CT molecular complexity index is 380. The van der Waals surface area contributed by atoms with Gasteiger partial charge in [-0.3, -0.25) is 0 Å². The quantitative estimate of drug-likeness (QED) is 0.792. The molecule has 0 aliphatic carbocycles. The molecule has 0 aliphatic rings. The second-order valence-corrected chi connectivity index (χ2v) is 6.05. The molecule has 0 unspecified atom stereocenters. The molecule has 0 amide bonds. The van der Waals surface area contributed by atoms with Crippen molar-refractivity contribution in [1.82, 2.24) is 10.2 Å². The molecule has 19 heavy (non-hydrogen) atoms. The Morgan fingerprint density at radius 2 is 1.89 bits per heavy atom. The average Bonchev–Trinajstić information content (AvgIpc) is 2.36. The van der Waals surface area contributed by atoms with Gasteiger partial charge < -0.3 is 15.1 Å². The molecule has 0 saturated heterocycles. The summed E-state index contributed by atoms with van der Waals surface area (Å²) in [6, 6.07) is 6.52. The van der Waals surface area contributed by atoms with Crippen molar-refractivity contribution in [1.29, 1.82) is 0 Å². The van der Waals surface area contributed by atoms with Crippen LogP contribution in [0.25, 0.3) is 0 Å². The molecule has 0 radical (unpaired) electrons. The summed E-state index contributed by atoms with van der Waals surface area (Å²) in [5.41, 5.74) is 2.67. The summed E-state index contributed by atoms with van der Waals surface area (Å²) in [5.74, 6) is 0. The topological polar surface area (TPSA) is 18.5 Å². The summed E-state index contributed by atoms with van der Waals surface area (Å²) in [6.45, 7) is 6.27. The van der Waals surface area contributed by atoms with E-state index in [-0.39, 0.29) is 0 Å². The van der Waals surface area contributed by atoms with Crippen LogP contribution in [0, 0.1) is 0 Å². The molecular weight excluding hydrogens is 302 g/mol. The fraction of sp³-hybridized carbons (Fsp3) is 0.600. The van der Waals surface area contributed by atoms with E-state index < -0.39 is 0 Å². The van der Waals surface area contributed by atoms with Gasteiger partial charge in [-0.05, 0) is 51.3 Å². The molecule has 0 spiro atoms. The molecule has 0 heterocycles. The van der Waals surface area contributed by atoms with E-state index in [0.29, 0.717) is 0 Å². The molecule has 0 atom stereocenters. The zero-order valence-corrected chi connectivity index (χ0v) is 14.1. The minimum Gasteiger partial charge on any atom is -0.374 e. The van der Waals surface area contributed by atoms with Crippen LogP contribution in [0.5, 0.6) is 0 Å². The van der Waals surface area contributed by atoms with Gasteiger partial charge in [0.25, 0.3) is 0 Å². The third kappa shape index (κ3) is 5.93. The maximum absolute atomic E-state index is 3.57. The maximum atomic E-state index is 3.57. The molecule has 1 N–H and O–H groups in total. The number of benzene rings is 1. The summed E-state index contributed by atoms with van der Waals surface area (Å²) in [4.78, 5) is 4.58. The van der Waals surface area contributed by atoms with E-state index in [1.165, 1.54) is 17.7 Å². The lowest BCUT2D eigenvalue weighted by Gasteiger charge is -2.24. The van der Waals surface area contributed by atoms with E-state index in [1.54, 1.807) is 0 Å². The zero-order chi connectivity index (χ0) is 14.3. The van der Waals surface area contributed by atoms with E-state index in [0.717, 1.165) is 30.7 Å². The third-order valence-electron chi connectivity index (χ3n) is 3.12. The number of hydrogen-bond acceptors (Lipinski definition) is 3. The molecule has 0 saturated carbocycles. The van der Waals surface area contributed by atoms with Gasteiger partial charge in [0.15, 0.2) is 0 Å². The highest BCUT2D eigenvalue weighted by Gasteiger charge is 2.08. The normalized spacial score (nSPS) is 11.1. The second-order valence-electron chi connectivity index (χ2n) is 5.13. The van der Waals surface area contributed by atoms with Gasteiger partial charge in [0, 0.05) is 30.3 Å². The molecule has 0 bridgehead atoms. The monoisotopic (exact) mass is 327 g/mol. The number of nitrogens with zero attached hydrogens (tertiary/aromatic N) is 2. The third-order valence-corrected chi connectivity index (χ3v) is 3.62. The fourth-order valence-corrected chi connectivity index (χ4v) is 2.40. The van der Waals surface area contributed by atoms with Gasteiger partial charge in [-0.1, -0.05) is 28.9 Å². The van der Waals surface area contributed by atoms with Gasteiger partial charge in [-0.2, -0.15) is 0 Å². The van der Waals surface area contributed by atoms with Crippen LogP contribution in [0.15, 0.2) is 22.7 Å². The Hall–Kier alpha value is -0.580. The van der Waals surface area contributed by atoms with E-state index in [1.807, 2.05) is 0 Å². The van der Waals surface area contributed by atoms with E-state index in [2.05, 4.69) is 77.3 Å². The first-order chi connectivity index (χ1) is 9.04. The van der Waals surface area contributed by atoms with Crippen molar-refractivity contribution in [2.24, 2.45) is 0 Å². The first kappa shape index (κ1) is 16.5. The highest BCUT2D eigenvalue weighted by molar-refractivity contribution is 9.10. The van der Waals surface area contributed by atoms with Crippen LogP contribution in [0.1, 0.15) is 18.9 Å². The van der Waals surface area contributed by atoms with Crippen molar-refractivity contribution in [3.63, 3.8) is 0 Å². The SMILES string of the molecule is CCNCc1ccc(Br)cc1N(C)CCCN(C)C. The van der Waals surface area contributed by atoms with Gasteiger partial charge in [0.1, 0.15) is 0 Å². The first-order valence-corrected chi connectivity index (χ1v) is 7.69. The zero-order valence-electron chi connectivity index (χ0n) is 12.5. The van der Waals surface area contributed by atoms with E-state index in [9.17, 15) is 0 Å². The summed E-state index contributed by atoms with van der Waals surface area (Å²) in [6.07, 6.45) is 1.18. The number of anilines is 1. The van der Waals surface area contributed by atoms with Crippen LogP contribution in [-0.2, 0) is 6.54 Å². The van der Waals surface area contributed by atoms with Crippen LogP contribution in [0.3, 0.4) is 0 Å². The molecule has 4 heteroatoms. The molecule has 108 valence electrons.